The molecule has 1 aliphatic rings. The zero-order valence-electron chi connectivity index (χ0n) is 13.9. The lowest BCUT2D eigenvalue weighted by Gasteiger charge is -2.22. The zero-order chi connectivity index (χ0) is 19.1. The molecule has 0 unspecified atom stereocenters. The fourth-order valence-corrected chi connectivity index (χ4v) is 4.67. The molecule has 0 spiro atoms. The maximum atomic E-state index is 14.0. The van der Waals surface area contributed by atoms with Crippen LogP contribution in [0.5, 0.6) is 0 Å². The molecule has 0 saturated heterocycles. The molecule has 26 heavy (non-hydrogen) atoms. The quantitative estimate of drug-likeness (QED) is 0.543. The number of hydrogen-bond acceptors (Lipinski definition) is 4. The van der Waals surface area contributed by atoms with E-state index in [9.17, 15) is 22.9 Å². The minimum absolute atomic E-state index is 0.000543. The van der Waals surface area contributed by atoms with Crippen molar-refractivity contribution >= 4 is 27.3 Å². The lowest BCUT2D eigenvalue weighted by Crippen LogP contribution is -2.33. The molecule has 1 fully saturated rings. The molecule has 0 aliphatic heterocycles. The van der Waals surface area contributed by atoms with Crippen LogP contribution in [0, 0.1) is 22.9 Å². The van der Waals surface area contributed by atoms with Gasteiger partial charge in [0.15, 0.2) is 0 Å². The van der Waals surface area contributed by atoms with Crippen LogP contribution in [0.2, 0.25) is 5.02 Å². The predicted octanol–water partition coefficient (Wildman–Crippen LogP) is 4.05. The fourth-order valence-electron chi connectivity index (χ4n) is 2.68. The standard InChI is InChI=1S/C17H16ClFN2O4S/c1-11-15(18)8-14(9-17(11)21(22)23)26(24,25)20(13-6-7-13)10-12-4-2-3-5-16(12)19/h2-5,8-9,13H,6-7,10H2,1H3. The van der Waals surface area contributed by atoms with E-state index in [1.807, 2.05) is 0 Å². The molecular formula is C17H16ClFN2O4S. The van der Waals surface area contributed by atoms with Crippen molar-refractivity contribution in [1.82, 2.24) is 4.31 Å². The lowest BCUT2D eigenvalue weighted by atomic mass is 10.2. The number of nitro benzene ring substituents is 1. The Hall–Kier alpha value is -2.03. The maximum Gasteiger partial charge on any atom is 0.275 e. The summed E-state index contributed by atoms with van der Waals surface area (Å²) in [5.74, 6) is -0.499. The summed E-state index contributed by atoms with van der Waals surface area (Å²) in [5.41, 5.74) is 0.0797. The van der Waals surface area contributed by atoms with Gasteiger partial charge in [-0.3, -0.25) is 10.1 Å². The smallest absolute Gasteiger partial charge is 0.258 e. The van der Waals surface area contributed by atoms with Gasteiger partial charge in [0.05, 0.1) is 14.8 Å². The Balaban J connectivity index is 2.05. The first-order valence-electron chi connectivity index (χ1n) is 7.91. The van der Waals surface area contributed by atoms with Crippen LogP contribution in [0.25, 0.3) is 0 Å². The van der Waals surface area contributed by atoms with E-state index in [0.29, 0.717) is 12.8 Å². The van der Waals surface area contributed by atoms with E-state index >= 15 is 0 Å². The first kappa shape index (κ1) is 18.8. The lowest BCUT2D eigenvalue weighted by molar-refractivity contribution is -0.385. The van der Waals surface area contributed by atoms with Crippen LogP contribution in [0.1, 0.15) is 24.0 Å². The highest BCUT2D eigenvalue weighted by molar-refractivity contribution is 7.89. The average molecular weight is 399 g/mol. The molecule has 9 heteroatoms. The van der Waals surface area contributed by atoms with Gasteiger partial charge >= 0.3 is 0 Å². The normalized spacial score (nSPS) is 14.6. The molecular weight excluding hydrogens is 383 g/mol. The number of nitro groups is 1. The van der Waals surface area contributed by atoms with E-state index in [1.165, 1.54) is 35.5 Å². The minimum Gasteiger partial charge on any atom is -0.258 e. The number of sulfonamides is 1. The summed E-state index contributed by atoms with van der Waals surface area (Å²) in [5, 5.41) is 11.2. The molecule has 0 atom stereocenters. The van der Waals surface area contributed by atoms with Crippen molar-refractivity contribution < 1.29 is 17.7 Å². The first-order valence-corrected chi connectivity index (χ1v) is 9.73. The molecule has 2 aromatic carbocycles. The molecule has 138 valence electrons. The Labute approximate surface area is 155 Å². The Bertz CT molecular complexity index is 977. The molecule has 2 aromatic rings. The van der Waals surface area contributed by atoms with Gasteiger partial charge in [-0.25, -0.2) is 12.8 Å². The second-order valence-corrected chi connectivity index (χ2v) is 8.48. The molecule has 0 N–H and O–H groups in total. The van der Waals surface area contributed by atoms with Crippen LogP contribution in [0.15, 0.2) is 41.3 Å². The van der Waals surface area contributed by atoms with Crippen LogP contribution in [0.4, 0.5) is 10.1 Å². The van der Waals surface area contributed by atoms with Gasteiger partial charge in [0, 0.05) is 29.8 Å². The fraction of sp³-hybridized carbons (Fsp3) is 0.294. The number of rotatable bonds is 6. The van der Waals surface area contributed by atoms with Crippen LogP contribution >= 0.6 is 11.6 Å². The number of benzene rings is 2. The molecule has 3 rings (SSSR count). The molecule has 0 amide bonds. The van der Waals surface area contributed by atoms with Crippen molar-refractivity contribution in [2.24, 2.45) is 0 Å². The highest BCUT2D eigenvalue weighted by Crippen LogP contribution is 2.36. The second kappa shape index (κ2) is 6.94. The summed E-state index contributed by atoms with van der Waals surface area (Å²) in [4.78, 5) is 10.3. The molecule has 0 radical (unpaired) electrons. The van der Waals surface area contributed by atoms with Crippen LogP contribution in [0.3, 0.4) is 0 Å². The Morgan fingerprint density at radius 2 is 1.96 bits per heavy atom. The molecule has 0 bridgehead atoms. The zero-order valence-corrected chi connectivity index (χ0v) is 15.4. The Morgan fingerprint density at radius 1 is 1.31 bits per heavy atom. The predicted molar refractivity (Wildman–Crippen MR) is 95.0 cm³/mol. The van der Waals surface area contributed by atoms with Crippen LogP contribution in [-0.4, -0.2) is 23.7 Å². The van der Waals surface area contributed by atoms with E-state index < -0.39 is 20.8 Å². The molecule has 0 heterocycles. The van der Waals surface area contributed by atoms with Gasteiger partial charge in [-0.1, -0.05) is 29.8 Å². The van der Waals surface area contributed by atoms with Gasteiger partial charge < -0.3 is 0 Å². The number of halogens is 2. The van der Waals surface area contributed by atoms with Crippen LogP contribution in [-0.2, 0) is 16.6 Å². The summed E-state index contributed by atoms with van der Waals surface area (Å²) in [6.45, 7) is 1.31. The first-order chi connectivity index (χ1) is 12.2. The van der Waals surface area contributed by atoms with Crippen molar-refractivity contribution in [3.63, 3.8) is 0 Å². The van der Waals surface area contributed by atoms with Crippen LogP contribution < -0.4 is 0 Å². The van der Waals surface area contributed by atoms with Crippen molar-refractivity contribution in [2.75, 3.05) is 0 Å². The summed E-state index contributed by atoms with van der Waals surface area (Å²) in [6, 6.07) is 7.90. The highest BCUT2D eigenvalue weighted by Gasteiger charge is 2.39. The van der Waals surface area contributed by atoms with Gasteiger partial charge in [0.2, 0.25) is 10.0 Å². The third kappa shape index (κ3) is 3.58. The van der Waals surface area contributed by atoms with E-state index in [-0.39, 0.29) is 39.3 Å². The third-order valence-electron chi connectivity index (χ3n) is 4.33. The summed E-state index contributed by atoms with van der Waals surface area (Å²) >= 11 is 6.01. The second-order valence-electron chi connectivity index (χ2n) is 6.18. The SMILES string of the molecule is Cc1c(Cl)cc(S(=O)(=O)N(Cc2ccccc2F)C2CC2)cc1[N+](=O)[O-]. The third-order valence-corrected chi connectivity index (χ3v) is 6.60. The molecule has 1 aliphatic carbocycles. The monoisotopic (exact) mass is 398 g/mol. The van der Waals surface area contributed by atoms with Gasteiger partial charge in [0.25, 0.3) is 5.69 Å². The van der Waals surface area contributed by atoms with Gasteiger partial charge in [-0.2, -0.15) is 4.31 Å². The van der Waals surface area contributed by atoms with E-state index in [0.717, 1.165) is 6.07 Å². The van der Waals surface area contributed by atoms with Gasteiger partial charge in [0.1, 0.15) is 5.82 Å². The van der Waals surface area contributed by atoms with Crippen molar-refractivity contribution in [3.8, 4) is 0 Å². The van der Waals surface area contributed by atoms with E-state index in [1.54, 1.807) is 6.07 Å². The average Bonchev–Trinajstić information content (AvgIpc) is 3.40. The number of hydrogen-bond donors (Lipinski definition) is 0. The van der Waals surface area contributed by atoms with Gasteiger partial charge in [-0.15, -0.1) is 0 Å². The topological polar surface area (TPSA) is 80.5 Å². The van der Waals surface area contributed by atoms with E-state index in [4.69, 9.17) is 11.6 Å². The van der Waals surface area contributed by atoms with Gasteiger partial charge in [-0.05, 0) is 31.9 Å². The summed E-state index contributed by atoms with van der Waals surface area (Å²) in [6.07, 6.45) is 1.32. The number of nitrogens with zero attached hydrogens (tertiary/aromatic N) is 2. The largest absolute Gasteiger partial charge is 0.275 e. The summed E-state index contributed by atoms with van der Waals surface area (Å²) < 4.78 is 41.4. The summed E-state index contributed by atoms with van der Waals surface area (Å²) in [7, 11) is -4.07. The van der Waals surface area contributed by atoms with Crippen molar-refractivity contribution in [3.05, 3.63) is 68.5 Å². The molecule has 1 saturated carbocycles. The minimum atomic E-state index is -4.07. The van der Waals surface area contributed by atoms with Crippen molar-refractivity contribution in [2.45, 2.75) is 37.2 Å². The highest BCUT2D eigenvalue weighted by atomic mass is 35.5. The Kier molecular flexibility index (Phi) is 5.01. The molecule has 6 nitrogen and oxygen atoms in total. The molecule has 0 aromatic heterocycles. The van der Waals surface area contributed by atoms with E-state index in [2.05, 4.69) is 0 Å². The van der Waals surface area contributed by atoms with Crippen molar-refractivity contribution in [1.29, 1.82) is 0 Å². The Morgan fingerprint density at radius 3 is 2.54 bits per heavy atom. The maximum absolute atomic E-state index is 14.0.